The summed E-state index contributed by atoms with van der Waals surface area (Å²) in [6.45, 7) is 2.55. The Kier molecular flexibility index (Phi) is 2.21. The van der Waals surface area contributed by atoms with Crippen LogP contribution in [0.1, 0.15) is 11.3 Å². The highest BCUT2D eigenvalue weighted by Crippen LogP contribution is 2.28. The predicted molar refractivity (Wildman–Crippen MR) is 64.2 cm³/mol. The third-order valence-electron chi connectivity index (χ3n) is 2.83. The maximum atomic E-state index is 11.4. The smallest absolute Gasteiger partial charge is 0.251 e. The van der Waals surface area contributed by atoms with Gasteiger partial charge in [0.05, 0.1) is 6.61 Å². The minimum atomic E-state index is -0.121. The van der Waals surface area contributed by atoms with Gasteiger partial charge < -0.3 is 9.72 Å². The van der Waals surface area contributed by atoms with E-state index in [0.717, 1.165) is 30.0 Å². The van der Waals surface area contributed by atoms with Crippen molar-refractivity contribution < 1.29 is 4.74 Å². The number of aromatic nitrogens is 2. The Morgan fingerprint density at radius 1 is 1.35 bits per heavy atom. The summed E-state index contributed by atoms with van der Waals surface area (Å²) in [7, 11) is 0. The summed E-state index contributed by atoms with van der Waals surface area (Å²) in [6.07, 6.45) is 0.916. The number of H-pyrrole nitrogens is 1. The second-order valence-corrected chi connectivity index (χ2v) is 4.16. The first-order valence-corrected chi connectivity index (χ1v) is 5.56. The molecule has 17 heavy (non-hydrogen) atoms. The topological polar surface area (TPSA) is 55.0 Å². The van der Waals surface area contributed by atoms with Crippen LogP contribution in [0.25, 0.3) is 11.4 Å². The number of rotatable bonds is 1. The Hall–Kier alpha value is -2.10. The number of benzene rings is 1. The highest BCUT2D eigenvalue weighted by Gasteiger charge is 2.13. The third kappa shape index (κ3) is 1.82. The average molecular weight is 228 g/mol. The van der Waals surface area contributed by atoms with Crippen molar-refractivity contribution in [2.75, 3.05) is 6.61 Å². The fourth-order valence-corrected chi connectivity index (χ4v) is 2.05. The van der Waals surface area contributed by atoms with Gasteiger partial charge in [0.1, 0.15) is 11.6 Å². The number of hydrogen-bond donors (Lipinski definition) is 1. The highest BCUT2D eigenvalue weighted by molar-refractivity contribution is 5.59. The zero-order valence-corrected chi connectivity index (χ0v) is 9.49. The molecular weight excluding hydrogens is 216 g/mol. The minimum absolute atomic E-state index is 0.121. The molecule has 0 atom stereocenters. The maximum absolute atomic E-state index is 11.4. The van der Waals surface area contributed by atoms with Gasteiger partial charge in [-0.25, -0.2) is 4.98 Å². The molecule has 4 nitrogen and oxygen atoms in total. The fraction of sp³-hybridized carbons (Fsp3) is 0.231. The molecule has 86 valence electrons. The molecule has 0 spiro atoms. The van der Waals surface area contributed by atoms with Crippen LogP contribution in [0.3, 0.4) is 0 Å². The molecule has 0 radical (unpaired) electrons. The third-order valence-corrected chi connectivity index (χ3v) is 2.83. The van der Waals surface area contributed by atoms with Crippen LogP contribution in [0.2, 0.25) is 0 Å². The van der Waals surface area contributed by atoms with Gasteiger partial charge in [-0.05, 0) is 30.7 Å². The molecule has 0 amide bonds. The molecule has 0 fully saturated rings. The van der Waals surface area contributed by atoms with Crippen molar-refractivity contribution in [3.8, 4) is 17.1 Å². The normalized spacial score (nSPS) is 13.2. The van der Waals surface area contributed by atoms with Crippen LogP contribution in [-0.2, 0) is 6.42 Å². The summed E-state index contributed by atoms with van der Waals surface area (Å²) in [5.74, 6) is 1.55. The molecule has 0 aliphatic carbocycles. The number of nitrogens with one attached hydrogen (secondary N) is 1. The lowest BCUT2D eigenvalue weighted by molar-refractivity contribution is 0.357. The van der Waals surface area contributed by atoms with E-state index in [2.05, 4.69) is 9.97 Å². The summed E-state index contributed by atoms with van der Waals surface area (Å²) < 4.78 is 5.44. The molecule has 1 aromatic heterocycles. The van der Waals surface area contributed by atoms with Crippen LogP contribution in [0, 0.1) is 6.92 Å². The van der Waals surface area contributed by atoms with Gasteiger partial charge in [0.25, 0.3) is 5.56 Å². The van der Waals surface area contributed by atoms with Gasteiger partial charge in [0.2, 0.25) is 0 Å². The molecule has 2 aromatic rings. The first-order chi connectivity index (χ1) is 8.22. The standard InChI is InChI=1S/C13H12N2O2/c1-8-6-12(16)15-13(14-8)10-2-3-11-9(7-10)4-5-17-11/h2-3,6-7H,4-5H2,1H3,(H,14,15,16). The Labute approximate surface area is 98.3 Å². The number of fused-ring (bicyclic) bond motifs is 1. The molecule has 1 aromatic carbocycles. The number of nitrogens with zero attached hydrogens (tertiary/aromatic N) is 1. The molecule has 1 N–H and O–H groups in total. The SMILES string of the molecule is Cc1cc(=O)[nH]c(-c2ccc3c(c2)CCO3)n1. The van der Waals surface area contributed by atoms with Crippen molar-refractivity contribution in [1.82, 2.24) is 9.97 Å². The number of hydrogen-bond acceptors (Lipinski definition) is 3. The molecule has 0 saturated carbocycles. The maximum Gasteiger partial charge on any atom is 0.251 e. The zero-order chi connectivity index (χ0) is 11.8. The Morgan fingerprint density at radius 3 is 3.06 bits per heavy atom. The fourth-order valence-electron chi connectivity index (χ4n) is 2.05. The van der Waals surface area contributed by atoms with E-state index in [4.69, 9.17) is 4.74 Å². The molecule has 0 unspecified atom stereocenters. The molecule has 3 rings (SSSR count). The molecule has 1 aliphatic heterocycles. The summed E-state index contributed by atoms with van der Waals surface area (Å²) >= 11 is 0. The first kappa shape index (κ1) is 10.1. The quantitative estimate of drug-likeness (QED) is 0.808. The van der Waals surface area contributed by atoms with Crippen LogP contribution in [0.5, 0.6) is 5.75 Å². The average Bonchev–Trinajstić information content (AvgIpc) is 2.74. The Morgan fingerprint density at radius 2 is 2.24 bits per heavy atom. The van der Waals surface area contributed by atoms with Gasteiger partial charge in [0, 0.05) is 23.7 Å². The first-order valence-electron chi connectivity index (χ1n) is 5.56. The van der Waals surface area contributed by atoms with Crippen molar-refractivity contribution in [3.05, 3.63) is 45.9 Å². The zero-order valence-electron chi connectivity index (χ0n) is 9.49. The molecule has 4 heteroatoms. The van der Waals surface area contributed by atoms with Crippen LogP contribution in [-0.4, -0.2) is 16.6 Å². The largest absolute Gasteiger partial charge is 0.493 e. The molecule has 0 bridgehead atoms. The lowest BCUT2D eigenvalue weighted by Gasteiger charge is -2.04. The van der Waals surface area contributed by atoms with E-state index in [1.54, 1.807) is 0 Å². The lowest BCUT2D eigenvalue weighted by atomic mass is 10.1. The van der Waals surface area contributed by atoms with E-state index in [-0.39, 0.29) is 5.56 Å². The van der Waals surface area contributed by atoms with E-state index in [0.29, 0.717) is 5.82 Å². The predicted octanol–water partition coefficient (Wildman–Crippen LogP) is 1.68. The number of aryl methyl sites for hydroxylation is 1. The second-order valence-electron chi connectivity index (χ2n) is 4.16. The van der Waals surface area contributed by atoms with Crippen molar-refractivity contribution in [2.24, 2.45) is 0 Å². The molecule has 0 saturated heterocycles. The summed E-state index contributed by atoms with van der Waals surface area (Å²) in [4.78, 5) is 18.5. The monoisotopic (exact) mass is 228 g/mol. The molecule has 2 heterocycles. The van der Waals surface area contributed by atoms with E-state index in [9.17, 15) is 4.79 Å². The lowest BCUT2D eigenvalue weighted by Crippen LogP contribution is -2.08. The van der Waals surface area contributed by atoms with E-state index < -0.39 is 0 Å². The van der Waals surface area contributed by atoms with Crippen LogP contribution >= 0.6 is 0 Å². The Bertz CT molecular complexity index is 632. The molecule has 1 aliphatic rings. The van der Waals surface area contributed by atoms with Gasteiger partial charge in [-0.2, -0.15) is 0 Å². The van der Waals surface area contributed by atoms with Gasteiger partial charge >= 0.3 is 0 Å². The highest BCUT2D eigenvalue weighted by atomic mass is 16.5. The summed E-state index contributed by atoms with van der Waals surface area (Å²) in [6, 6.07) is 7.36. The van der Waals surface area contributed by atoms with Crippen molar-refractivity contribution >= 4 is 0 Å². The van der Waals surface area contributed by atoms with E-state index >= 15 is 0 Å². The van der Waals surface area contributed by atoms with Crippen LogP contribution in [0.15, 0.2) is 29.1 Å². The Balaban J connectivity index is 2.12. The van der Waals surface area contributed by atoms with Crippen LogP contribution in [0.4, 0.5) is 0 Å². The van der Waals surface area contributed by atoms with Gasteiger partial charge in [0.15, 0.2) is 0 Å². The summed E-state index contributed by atoms with van der Waals surface area (Å²) in [5, 5.41) is 0. The van der Waals surface area contributed by atoms with Crippen molar-refractivity contribution in [1.29, 1.82) is 0 Å². The van der Waals surface area contributed by atoms with E-state index in [1.807, 2.05) is 25.1 Å². The van der Waals surface area contributed by atoms with E-state index in [1.165, 1.54) is 11.6 Å². The summed E-state index contributed by atoms with van der Waals surface area (Å²) in [5.41, 5.74) is 2.70. The van der Waals surface area contributed by atoms with Gasteiger partial charge in [-0.1, -0.05) is 0 Å². The second kappa shape index (κ2) is 3.73. The van der Waals surface area contributed by atoms with Crippen LogP contribution < -0.4 is 10.3 Å². The van der Waals surface area contributed by atoms with Gasteiger partial charge in [-0.3, -0.25) is 4.79 Å². The number of ether oxygens (including phenoxy) is 1. The van der Waals surface area contributed by atoms with Gasteiger partial charge in [-0.15, -0.1) is 0 Å². The van der Waals surface area contributed by atoms with Crippen molar-refractivity contribution in [2.45, 2.75) is 13.3 Å². The number of aromatic amines is 1. The molecular formula is C13H12N2O2. The minimum Gasteiger partial charge on any atom is -0.493 e. The van der Waals surface area contributed by atoms with Crippen molar-refractivity contribution in [3.63, 3.8) is 0 Å².